The molecule has 1 atom stereocenters. The van der Waals surface area contributed by atoms with Crippen LogP contribution in [0.1, 0.15) is 25.0 Å². The first-order chi connectivity index (χ1) is 8.08. The Morgan fingerprint density at radius 3 is 2.41 bits per heavy atom. The molecule has 1 rings (SSSR count). The summed E-state index contributed by atoms with van der Waals surface area (Å²) >= 11 is 0. The summed E-state index contributed by atoms with van der Waals surface area (Å²) in [6, 6.07) is 7.66. The second-order valence-electron chi connectivity index (χ2n) is 4.07. The van der Waals surface area contributed by atoms with Crippen LogP contribution in [0.3, 0.4) is 0 Å². The van der Waals surface area contributed by atoms with Crippen LogP contribution in [-0.4, -0.2) is 11.8 Å². The number of carbonyl (C=O) groups excluding carboxylic acids is 1. The van der Waals surface area contributed by atoms with Crippen LogP contribution >= 0.6 is 0 Å². The van der Waals surface area contributed by atoms with E-state index in [1.807, 2.05) is 43.3 Å². The Labute approximate surface area is 103 Å². The average molecular weight is 229 g/mol. The largest absolute Gasteiger partial charge is 0.321 e. The highest BCUT2D eigenvalue weighted by atomic mass is 16.1. The normalized spacial score (nSPS) is 13.2. The molecule has 1 aromatic rings. The minimum absolute atomic E-state index is 0.0225. The van der Waals surface area contributed by atoms with Gasteiger partial charge in [0.15, 0.2) is 0 Å². The topological polar surface area (TPSA) is 43.1 Å². The molecule has 0 radical (unpaired) electrons. The summed E-state index contributed by atoms with van der Waals surface area (Å²) < 4.78 is 0. The summed E-state index contributed by atoms with van der Waals surface area (Å²) in [5.41, 5.74) is 9.03. The van der Waals surface area contributed by atoms with Crippen molar-refractivity contribution < 1.29 is 4.79 Å². The van der Waals surface area contributed by atoms with Crippen molar-refractivity contribution in [1.29, 1.82) is 0 Å². The van der Waals surface area contributed by atoms with Crippen LogP contribution in [-0.2, 0) is 11.2 Å². The highest BCUT2D eigenvalue weighted by Crippen LogP contribution is 2.16. The standard InChI is InChI=1S/C15H19NO/c1-4-13(5-2)14-8-6-12(7-9-14)10-15(16)11(3)17/h4-9,15H,1,10,16H2,2-3H3/b13-5+. The molecular formula is C15H19NO. The molecule has 2 nitrogen and oxygen atoms in total. The van der Waals surface area contributed by atoms with Crippen molar-refractivity contribution in [2.45, 2.75) is 26.3 Å². The third kappa shape index (κ3) is 3.68. The summed E-state index contributed by atoms with van der Waals surface area (Å²) in [7, 11) is 0. The average Bonchev–Trinajstić information content (AvgIpc) is 2.32. The van der Waals surface area contributed by atoms with E-state index in [-0.39, 0.29) is 5.78 Å². The molecule has 0 aliphatic heterocycles. The molecule has 90 valence electrons. The van der Waals surface area contributed by atoms with Gasteiger partial charge in [0.2, 0.25) is 0 Å². The molecule has 2 N–H and O–H groups in total. The number of nitrogens with two attached hydrogens (primary N) is 1. The number of carbonyl (C=O) groups is 1. The van der Waals surface area contributed by atoms with E-state index in [1.165, 1.54) is 6.92 Å². The molecule has 0 fully saturated rings. The van der Waals surface area contributed by atoms with Gasteiger partial charge in [0.1, 0.15) is 5.78 Å². The number of hydrogen-bond acceptors (Lipinski definition) is 2. The lowest BCUT2D eigenvalue weighted by molar-refractivity contribution is -0.118. The predicted octanol–water partition coefficient (Wildman–Crippen LogP) is 2.73. The van der Waals surface area contributed by atoms with Crippen LogP contribution in [0.2, 0.25) is 0 Å². The van der Waals surface area contributed by atoms with Gasteiger partial charge in [-0.1, -0.05) is 43.0 Å². The summed E-state index contributed by atoms with van der Waals surface area (Å²) in [5, 5.41) is 0. The molecule has 0 aliphatic rings. The number of ketones is 1. The van der Waals surface area contributed by atoms with Gasteiger partial charge in [0.25, 0.3) is 0 Å². The zero-order chi connectivity index (χ0) is 12.8. The molecule has 0 aliphatic carbocycles. The van der Waals surface area contributed by atoms with Crippen LogP contribution < -0.4 is 5.73 Å². The van der Waals surface area contributed by atoms with Gasteiger partial charge in [0.05, 0.1) is 6.04 Å². The summed E-state index contributed by atoms with van der Waals surface area (Å²) in [5.74, 6) is 0.0225. The molecule has 0 saturated carbocycles. The Bertz CT molecular complexity index is 429. The van der Waals surface area contributed by atoms with Crippen LogP contribution in [0.5, 0.6) is 0 Å². The second kappa shape index (κ2) is 6.16. The Morgan fingerprint density at radius 1 is 1.41 bits per heavy atom. The SMILES string of the molecule is C=C/C(=C\C)c1ccc(CC(N)C(C)=O)cc1. The van der Waals surface area contributed by atoms with E-state index in [0.29, 0.717) is 6.42 Å². The molecule has 0 spiro atoms. The van der Waals surface area contributed by atoms with Crippen molar-refractivity contribution >= 4 is 11.4 Å². The van der Waals surface area contributed by atoms with Gasteiger partial charge in [-0.15, -0.1) is 0 Å². The first-order valence-electron chi connectivity index (χ1n) is 5.72. The Morgan fingerprint density at radius 2 is 2.00 bits per heavy atom. The molecule has 17 heavy (non-hydrogen) atoms. The summed E-state index contributed by atoms with van der Waals surface area (Å²) in [6.07, 6.45) is 4.44. The highest BCUT2D eigenvalue weighted by molar-refractivity contribution is 5.81. The molecular weight excluding hydrogens is 210 g/mol. The number of rotatable bonds is 5. The number of hydrogen-bond donors (Lipinski definition) is 1. The predicted molar refractivity (Wildman–Crippen MR) is 72.7 cm³/mol. The van der Waals surface area contributed by atoms with E-state index in [9.17, 15) is 4.79 Å². The van der Waals surface area contributed by atoms with E-state index < -0.39 is 6.04 Å². The summed E-state index contributed by atoms with van der Waals surface area (Å²) in [4.78, 5) is 11.1. The van der Waals surface area contributed by atoms with Gasteiger partial charge in [-0.2, -0.15) is 0 Å². The van der Waals surface area contributed by atoms with E-state index >= 15 is 0 Å². The number of Topliss-reactive ketones (excluding diaryl/α,β-unsaturated/α-hetero) is 1. The third-order valence-corrected chi connectivity index (χ3v) is 2.80. The molecule has 0 aromatic heterocycles. The molecule has 2 heteroatoms. The molecule has 0 bridgehead atoms. The van der Waals surface area contributed by atoms with Gasteiger partial charge in [-0.3, -0.25) is 4.79 Å². The Balaban J connectivity index is 2.81. The van der Waals surface area contributed by atoms with Crippen LogP contribution in [0.15, 0.2) is 43.0 Å². The maximum atomic E-state index is 11.1. The van der Waals surface area contributed by atoms with Gasteiger partial charge >= 0.3 is 0 Å². The molecule has 0 amide bonds. The van der Waals surface area contributed by atoms with E-state index in [0.717, 1.165) is 16.7 Å². The monoisotopic (exact) mass is 229 g/mol. The van der Waals surface area contributed by atoms with Crippen molar-refractivity contribution in [2.24, 2.45) is 5.73 Å². The van der Waals surface area contributed by atoms with Gasteiger partial charge in [0, 0.05) is 0 Å². The van der Waals surface area contributed by atoms with Crippen molar-refractivity contribution in [3.63, 3.8) is 0 Å². The van der Waals surface area contributed by atoms with Crippen molar-refractivity contribution in [3.05, 3.63) is 54.1 Å². The van der Waals surface area contributed by atoms with E-state index in [4.69, 9.17) is 5.73 Å². The van der Waals surface area contributed by atoms with Gasteiger partial charge in [-0.05, 0) is 37.0 Å². The Kier molecular flexibility index (Phi) is 4.85. The van der Waals surface area contributed by atoms with Gasteiger partial charge in [-0.25, -0.2) is 0 Å². The minimum atomic E-state index is -0.401. The maximum Gasteiger partial charge on any atom is 0.146 e. The van der Waals surface area contributed by atoms with E-state index in [1.54, 1.807) is 0 Å². The molecule has 1 aromatic carbocycles. The zero-order valence-corrected chi connectivity index (χ0v) is 10.4. The molecule has 0 heterocycles. The highest BCUT2D eigenvalue weighted by Gasteiger charge is 2.08. The third-order valence-electron chi connectivity index (χ3n) is 2.80. The molecule has 0 saturated heterocycles. The lowest BCUT2D eigenvalue weighted by Crippen LogP contribution is -2.30. The van der Waals surface area contributed by atoms with Crippen LogP contribution in [0.4, 0.5) is 0 Å². The first kappa shape index (κ1) is 13.4. The van der Waals surface area contributed by atoms with Crippen molar-refractivity contribution in [3.8, 4) is 0 Å². The smallest absolute Gasteiger partial charge is 0.146 e. The quantitative estimate of drug-likeness (QED) is 0.789. The Hall–Kier alpha value is -1.67. The maximum absolute atomic E-state index is 11.1. The number of allylic oxidation sites excluding steroid dienone is 3. The second-order valence-corrected chi connectivity index (χ2v) is 4.07. The first-order valence-corrected chi connectivity index (χ1v) is 5.72. The van der Waals surface area contributed by atoms with Crippen molar-refractivity contribution in [2.75, 3.05) is 0 Å². The van der Waals surface area contributed by atoms with Crippen LogP contribution in [0, 0.1) is 0 Å². The zero-order valence-electron chi connectivity index (χ0n) is 10.4. The van der Waals surface area contributed by atoms with E-state index in [2.05, 4.69) is 6.58 Å². The number of benzene rings is 1. The van der Waals surface area contributed by atoms with Crippen LogP contribution in [0.25, 0.3) is 5.57 Å². The fourth-order valence-corrected chi connectivity index (χ4v) is 1.63. The van der Waals surface area contributed by atoms with Crippen molar-refractivity contribution in [1.82, 2.24) is 0 Å². The lowest BCUT2D eigenvalue weighted by Gasteiger charge is -2.08. The minimum Gasteiger partial charge on any atom is -0.321 e. The fourth-order valence-electron chi connectivity index (χ4n) is 1.63. The lowest BCUT2D eigenvalue weighted by atomic mass is 10.00. The summed E-state index contributed by atoms with van der Waals surface area (Å²) in [6.45, 7) is 7.27. The molecule has 1 unspecified atom stereocenters. The fraction of sp³-hybridized carbons (Fsp3) is 0.267. The van der Waals surface area contributed by atoms with Gasteiger partial charge < -0.3 is 5.73 Å².